The molecule has 0 aliphatic carbocycles. The quantitative estimate of drug-likeness (QED) is 0.156. The number of hydrogen-bond acceptors (Lipinski definition) is 18. The van der Waals surface area contributed by atoms with Gasteiger partial charge in [0.05, 0.1) is 5.56 Å². The van der Waals surface area contributed by atoms with E-state index in [0.29, 0.717) is 0 Å². The maximum atomic E-state index is 13.9. The van der Waals surface area contributed by atoms with Crippen molar-refractivity contribution in [1.29, 1.82) is 0 Å². The first-order chi connectivity index (χ1) is 24.9. The highest BCUT2D eigenvalue weighted by Crippen LogP contribution is 2.37. The van der Waals surface area contributed by atoms with Gasteiger partial charge in [-0.3, -0.25) is 38.4 Å². The van der Waals surface area contributed by atoms with Crippen LogP contribution in [0.2, 0.25) is 0 Å². The van der Waals surface area contributed by atoms with Gasteiger partial charge in [-0.15, -0.1) is 0 Å². The normalized spacial score (nSPS) is 19.3. The van der Waals surface area contributed by atoms with Gasteiger partial charge in [-0.2, -0.15) is 0 Å². The number of hydrogen-bond donors (Lipinski definition) is 0. The molecule has 5 unspecified atom stereocenters. The highest BCUT2D eigenvalue weighted by Gasteiger charge is 2.53. The number of carbonyl (C=O) groups excluding carboxylic acids is 7. The largest absolute Gasteiger partial charge is 0.463 e. The first-order valence-electron chi connectivity index (χ1n) is 15.7. The number of benzene rings is 2. The second-order valence-electron chi connectivity index (χ2n) is 11.4. The standard InChI is InChI=1S/C35H34O18/c1-15(36)44-14-29-32(49-19(5)40)33(50-20(6)41)34(51-21(7)42)35(53-29)52-23-11-27-30(28(12-23)48-18(4)39)31(43)24(13-45-27)22-8-9-25(46-16(2)37)26(10-22)47-17(3)38/h8-13,29,32-35H,14H2,1-7H3. The van der Waals surface area contributed by atoms with Crippen molar-refractivity contribution in [3.8, 4) is 34.1 Å². The number of ether oxygens (including phenoxy) is 9. The fourth-order valence-electron chi connectivity index (χ4n) is 5.26. The van der Waals surface area contributed by atoms with Crippen LogP contribution in [0.25, 0.3) is 22.1 Å². The summed E-state index contributed by atoms with van der Waals surface area (Å²) < 4.78 is 54.7. The molecule has 282 valence electrons. The van der Waals surface area contributed by atoms with E-state index < -0.39 is 84.5 Å². The maximum absolute atomic E-state index is 13.9. The Hall–Kier alpha value is -6.30. The van der Waals surface area contributed by atoms with Crippen LogP contribution in [0.1, 0.15) is 48.5 Å². The molecule has 1 aliphatic rings. The lowest BCUT2D eigenvalue weighted by atomic mass is 9.98. The molecule has 2 heterocycles. The third-order valence-electron chi connectivity index (χ3n) is 7.03. The van der Waals surface area contributed by atoms with Gasteiger partial charge in [0.15, 0.2) is 23.7 Å². The lowest BCUT2D eigenvalue weighted by Gasteiger charge is -2.43. The van der Waals surface area contributed by atoms with E-state index in [0.717, 1.165) is 60.8 Å². The minimum Gasteiger partial charge on any atom is -0.463 e. The number of rotatable bonds is 11. The van der Waals surface area contributed by atoms with Crippen molar-refractivity contribution in [2.45, 2.75) is 79.2 Å². The Morgan fingerprint density at radius 3 is 1.77 bits per heavy atom. The smallest absolute Gasteiger partial charge is 0.308 e. The van der Waals surface area contributed by atoms with E-state index >= 15 is 0 Å². The second kappa shape index (κ2) is 16.8. The molecule has 0 radical (unpaired) electrons. The van der Waals surface area contributed by atoms with Gasteiger partial charge >= 0.3 is 41.8 Å². The number of fused-ring (bicyclic) bond motifs is 1. The predicted octanol–water partition coefficient (Wildman–Crippen LogP) is 2.70. The molecule has 18 heteroatoms. The molecule has 1 fully saturated rings. The zero-order valence-electron chi connectivity index (χ0n) is 29.4. The van der Waals surface area contributed by atoms with Crippen LogP contribution in [0.15, 0.2) is 45.8 Å². The molecule has 18 nitrogen and oxygen atoms in total. The predicted molar refractivity (Wildman–Crippen MR) is 174 cm³/mol. The van der Waals surface area contributed by atoms with Gasteiger partial charge in [-0.05, 0) is 17.7 Å². The average molecular weight is 743 g/mol. The van der Waals surface area contributed by atoms with Gasteiger partial charge in [0.25, 0.3) is 0 Å². The molecular formula is C35H34O18. The topological polar surface area (TPSA) is 233 Å². The van der Waals surface area contributed by atoms with E-state index in [9.17, 15) is 38.4 Å². The lowest BCUT2D eigenvalue weighted by molar-refractivity contribution is -0.288. The minimum absolute atomic E-state index is 0.0815. The molecular weight excluding hydrogens is 708 g/mol. The average Bonchev–Trinajstić information content (AvgIpc) is 3.02. The Kier molecular flexibility index (Phi) is 12.5. The highest BCUT2D eigenvalue weighted by atomic mass is 16.7. The number of esters is 7. The van der Waals surface area contributed by atoms with Crippen molar-refractivity contribution < 1.29 is 80.6 Å². The Bertz CT molecular complexity index is 2010. The van der Waals surface area contributed by atoms with Gasteiger partial charge in [0, 0.05) is 60.6 Å². The van der Waals surface area contributed by atoms with Crippen molar-refractivity contribution in [2.75, 3.05) is 6.61 Å². The molecule has 1 aromatic heterocycles. The summed E-state index contributed by atoms with van der Waals surface area (Å²) in [5.41, 5.74) is -0.799. The third-order valence-corrected chi connectivity index (χ3v) is 7.03. The summed E-state index contributed by atoms with van der Waals surface area (Å²) in [6.07, 6.45) is -6.52. The summed E-state index contributed by atoms with van der Waals surface area (Å²) in [5.74, 6) is -6.35. The van der Waals surface area contributed by atoms with E-state index in [-0.39, 0.29) is 45.1 Å². The van der Waals surface area contributed by atoms with Gasteiger partial charge in [0.2, 0.25) is 17.8 Å². The van der Waals surface area contributed by atoms with E-state index in [4.69, 9.17) is 47.0 Å². The SMILES string of the molecule is CC(=O)OCC1OC(Oc2cc(OC(C)=O)c3c(=O)c(-c4ccc(OC(C)=O)c(OC(C)=O)c4)coc3c2)C(OC(C)=O)C(OC(C)=O)C1OC(C)=O. The Morgan fingerprint density at radius 2 is 1.19 bits per heavy atom. The molecule has 0 saturated carbocycles. The molecule has 1 saturated heterocycles. The van der Waals surface area contributed by atoms with E-state index in [1.165, 1.54) is 24.3 Å². The second-order valence-corrected chi connectivity index (χ2v) is 11.4. The van der Waals surface area contributed by atoms with Gasteiger partial charge < -0.3 is 47.0 Å². The Labute approximate surface area is 300 Å². The molecule has 1 aliphatic heterocycles. The minimum atomic E-state index is -1.67. The molecule has 5 atom stereocenters. The summed E-state index contributed by atoms with van der Waals surface area (Å²) in [6.45, 7) is 7.11. The van der Waals surface area contributed by atoms with Gasteiger partial charge in [-0.1, -0.05) is 6.07 Å². The summed E-state index contributed by atoms with van der Waals surface area (Å²) in [5, 5.41) is -0.232. The van der Waals surface area contributed by atoms with Crippen molar-refractivity contribution in [3.63, 3.8) is 0 Å². The van der Waals surface area contributed by atoms with Crippen LogP contribution in [0, 0.1) is 0 Å². The third kappa shape index (κ3) is 10.2. The van der Waals surface area contributed by atoms with E-state index in [2.05, 4.69) is 0 Å². The van der Waals surface area contributed by atoms with Crippen LogP contribution in [0.5, 0.6) is 23.0 Å². The highest BCUT2D eigenvalue weighted by molar-refractivity contribution is 5.90. The van der Waals surface area contributed by atoms with Crippen LogP contribution in [0.4, 0.5) is 0 Å². The van der Waals surface area contributed by atoms with Crippen molar-refractivity contribution in [2.24, 2.45) is 0 Å². The summed E-state index contributed by atoms with van der Waals surface area (Å²) in [7, 11) is 0. The first kappa shape index (κ1) is 39.5. The summed E-state index contributed by atoms with van der Waals surface area (Å²) in [6, 6.07) is 6.32. The fourth-order valence-corrected chi connectivity index (χ4v) is 5.26. The summed E-state index contributed by atoms with van der Waals surface area (Å²) >= 11 is 0. The first-order valence-corrected chi connectivity index (χ1v) is 15.7. The van der Waals surface area contributed by atoms with Crippen molar-refractivity contribution >= 4 is 52.8 Å². The molecule has 4 rings (SSSR count). The molecule has 2 aromatic carbocycles. The molecule has 0 spiro atoms. The Morgan fingerprint density at radius 1 is 0.623 bits per heavy atom. The van der Waals surface area contributed by atoms with Crippen LogP contribution in [-0.4, -0.2) is 79.1 Å². The van der Waals surface area contributed by atoms with Crippen molar-refractivity contribution in [1.82, 2.24) is 0 Å². The van der Waals surface area contributed by atoms with E-state index in [1.54, 1.807) is 0 Å². The van der Waals surface area contributed by atoms with Crippen LogP contribution < -0.4 is 24.4 Å². The lowest BCUT2D eigenvalue weighted by Crippen LogP contribution is -2.63. The molecule has 0 amide bonds. The molecule has 3 aromatic rings. The van der Waals surface area contributed by atoms with Gasteiger partial charge in [0.1, 0.15) is 41.4 Å². The zero-order valence-corrected chi connectivity index (χ0v) is 29.4. The molecule has 0 N–H and O–H groups in total. The van der Waals surface area contributed by atoms with Crippen LogP contribution in [0.3, 0.4) is 0 Å². The fraction of sp³-hybridized carbons (Fsp3) is 0.371. The van der Waals surface area contributed by atoms with E-state index in [1.807, 2.05) is 0 Å². The monoisotopic (exact) mass is 742 g/mol. The summed E-state index contributed by atoms with van der Waals surface area (Å²) in [4.78, 5) is 97.6. The van der Waals surface area contributed by atoms with Crippen molar-refractivity contribution in [3.05, 3.63) is 46.8 Å². The maximum Gasteiger partial charge on any atom is 0.308 e. The molecule has 0 bridgehead atoms. The Balaban J connectivity index is 1.83. The van der Waals surface area contributed by atoms with Gasteiger partial charge in [-0.25, -0.2) is 0 Å². The molecule has 53 heavy (non-hydrogen) atoms. The van der Waals surface area contributed by atoms with Crippen LogP contribution >= 0.6 is 0 Å². The zero-order chi connectivity index (χ0) is 39.1. The number of carbonyl (C=O) groups is 7. The van der Waals surface area contributed by atoms with Crippen LogP contribution in [-0.2, 0) is 57.2 Å².